The molecule has 0 bridgehead atoms. The van der Waals surface area contributed by atoms with Crippen LogP contribution >= 0.6 is 0 Å². The third-order valence-corrected chi connectivity index (χ3v) is 6.09. The molecule has 202 valence electrons. The van der Waals surface area contributed by atoms with Gasteiger partial charge in [-0.25, -0.2) is 9.37 Å². The molecule has 0 atom stereocenters. The summed E-state index contributed by atoms with van der Waals surface area (Å²) < 4.78 is 52.5. The van der Waals surface area contributed by atoms with E-state index in [2.05, 4.69) is 44.7 Å². The zero-order valence-corrected chi connectivity index (χ0v) is 21.4. The Bertz CT molecular complexity index is 1340. The molecular weight excluding hydrogens is 502 g/mol. The highest BCUT2D eigenvalue weighted by atomic mass is 19.4. The number of halogens is 4. The molecule has 0 unspecified atom stereocenters. The van der Waals surface area contributed by atoms with Crippen molar-refractivity contribution >= 4 is 29.0 Å². The number of fused-ring (bicyclic) bond motifs is 1. The van der Waals surface area contributed by atoms with Crippen LogP contribution in [0, 0.1) is 0 Å². The van der Waals surface area contributed by atoms with E-state index in [0.717, 1.165) is 18.3 Å². The van der Waals surface area contributed by atoms with Crippen molar-refractivity contribution in [1.82, 2.24) is 25.6 Å². The summed E-state index contributed by atoms with van der Waals surface area (Å²) in [6, 6.07) is 8.87. The molecule has 0 aliphatic carbocycles. The predicted octanol–water partition coefficient (Wildman–Crippen LogP) is 5.24. The van der Waals surface area contributed by atoms with Gasteiger partial charge < -0.3 is 21.3 Å². The minimum atomic E-state index is -4.59. The standard InChI is InChI=1S/C26H29F4N7O/c1-24(2)13-31-11-15-9-16(5-6-19(15)24)36-23-33-12-18(22(38)34-14-26(28,29)30)21(37-23)35-17-7-8-32-20(10-17)25(3,4)27/h5-10,12,31H,11,13-14H2,1-4H3,(H,34,38)(H2,32,33,35,36,37). The number of aromatic nitrogens is 3. The molecule has 4 rings (SSSR count). The molecule has 8 nitrogen and oxygen atoms in total. The van der Waals surface area contributed by atoms with Crippen LogP contribution in [0.4, 0.5) is 40.7 Å². The normalized spacial score (nSPS) is 14.9. The van der Waals surface area contributed by atoms with E-state index in [4.69, 9.17) is 0 Å². The lowest BCUT2D eigenvalue weighted by atomic mass is 9.79. The van der Waals surface area contributed by atoms with E-state index in [0.29, 0.717) is 17.9 Å². The summed E-state index contributed by atoms with van der Waals surface area (Å²) in [4.78, 5) is 25.1. The zero-order valence-electron chi connectivity index (χ0n) is 21.4. The molecule has 1 aliphatic heterocycles. The van der Waals surface area contributed by atoms with Crippen molar-refractivity contribution in [2.24, 2.45) is 0 Å². The highest BCUT2D eigenvalue weighted by Gasteiger charge is 2.29. The first kappa shape index (κ1) is 27.2. The number of hydrogen-bond acceptors (Lipinski definition) is 7. The van der Waals surface area contributed by atoms with Crippen LogP contribution < -0.4 is 21.3 Å². The van der Waals surface area contributed by atoms with Crippen molar-refractivity contribution in [2.45, 2.75) is 51.5 Å². The first-order valence-corrected chi connectivity index (χ1v) is 12.0. The van der Waals surface area contributed by atoms with Gasteiger partial charge in [0.1, 0.15) is 23.6 Å². The molecule has 1 amide bonds. The average molecular weight is 532 g/mol. The maximum absolute atomic E-state index is 14.4. The minimum absolute atomic E-state index is 0.0251. The lowest BCUT2D eigenvalue weighted by molar-refractivity contribution is -0.123. The van der Waals surface area contributed by atoms with Gasteiger partial charge in [0.25, 0.3) is 5.91 Å². The lowest BCUT2D eigenvalue weighted by Crippen LogP contribution is -2.38. The molecule has 0 saturated carbocycles. The van der Waals surface area contributed by atoms with Crippen molar-refractivity contribution in [2.75, 3.05) is 23.7 Å². The highest BCUT2D eigenvalue weighted by molar-refractivity contribution is 5.99. The Hall–Kier alpha value is -3.80. The fourth-order valence-electron chi connectivity index (χ4n) is 4.16. The zero-order chi connectivity index (χ0) is 27.7. The van der Waals surface area contributed by atoms with Crippen LogP contribution in [0.25, 0.3) is 0 Å². The van der Waals surface area contributed by atoms with Gasteiger partial charge >= 0.3 is 6.18 Å². The number of pyridine rings is 1. The summed E-state index contributed by atoms with van der Waals surface area (Å²) in [5.74, 6) is -0.960. The minimum Gasteiger partial charge on any atom is -0.343 e. The first-order chi connectivity index (χ1) is 17.7. The van der Waals surface area contributed by atoms with Crippen molar-refractivity contribution < 1.29 is 22.4 Å². The van der Waals surface area contributed by atoms with Gasteiger partial charge in [-0.3, -0.25) is 9.78 Å². The molecule has 0 saturated heterocycles. The summed E-state index contributed by atoms with van der Waals surface area (Å²) in [5, 5.41) is 11.2. The molecule has 12 heteroatoms. The summed E-state index contributed by atoms with van der Waals surface area (Å²) in [6.07, 6.45) is -2.08. The van der Waals surface area contributed by atoms with E-state index in [1.807, 2.05) is 23.5 Å². The Balaban J connectivity index is 1.65. The van der Waals surface area contributed by atoms with Gasteiger partial charge in [0.05, 0.1) is 5.69 Å². The Kier molecular flexibility index (Phi) is 7.29. The smallest absolute Gasteiger partial charge is 0.343 e. The number of hydrogen-bond donors (Lipinski definition) is 4. The Morgan fingerprint density at radius 1 is 1.05 bits per heavy atom. The van der Waals surface area contributed by atoms with Gasteiger partial charge in [-0.2, -0.15) is 18.2 Å². The Labute approximate surface area is 217 Å². The number of rotatable bonds is 7. The largest absolute Gasteiger partial charge is 0.405 e. The molecular formula is C26H29F4N7O. The second-order valence-electron chi connectivity index (χ2n) is 10.3. The van der Waals surface area contributed by atoms with E-state index in [-0.39, 0.29) is 28.4 Å². The average Bonchev–Trinajstić information content (AvgIpc) is 2.82. The third-order valence-electron chi connectivity index (χ3n) is 6.09. The molecule has 0 radical (unpaired) electrons. The van der Waals surface area contributed by atoms with Crippen LogP contribution in [0.15, 0.2) is 42.7 Å². The number of carbonyl (C=O) groups is 1. The number of anilines is 4. The Morgan fingerprint density at radius 3 is 2.50 bits per heavy atom. The van der Waals surface area contributed by atoms with E-state index >= 15 is 0 Å². The summed E-state index contributed by atoms with van der Waals surface area (Å²) in [6.45, 7) is 7.05. The van der Waals surface area contributed by atoms with Crippen molar-refractivity contribution in [3.05, 3.63) is 65.1 Å². The number of carbonyl (C=O) groups excluding carboxylic acids is 1. The summed E-state index contributed by atoms with van der Waals surface area (Å²) >= 11 is 0. The fraction of sp³-hybridized carbons (Fsp3) is 0.385. The molecule has 0 spiro atoms. The Morgan fingerprint density at radius 2 is 1.79 bits per heavy atom. The number of amides is 1. The molecule has 38 heavy (non-hydrogen) atoms. The number of benzene rings is 1. The second kappa shape index (κ2) is 10.2. The van der Waals surface area contributed by atoms with Gasteiger partial charge in [0, 0.05) is 42.3 Å². The number of nitrogens with one attached hydrogen (secondary N) is 4. The number of nitrogens with zero attached hydrogens (tertiary/aromatic N) is 3. The van der Waals surface area contributed by atoms with Crippen LogP contribution in [0.3, 0.4) is 0 Å². The molecule has 1 aromatic carbocycles. The number of alkyl halides is 4. The van der Waals surface area contributed by atoms with Gasteiger partial charge in [-0.1, -0.05) is 19.9 Å². The van der Waals surface area contributed by atoms with Crippen LogP contribution in [0.1, 0.15) is 54.9 Å². The molecule has 4 N–H and O–H groups in total. The van der Waals surface area contributed by atoms with Gasteiger partial charge in [0.2, 0.25) is 5.95 Å². The van der Waals surface area contributed by atoms with Crippen molar-refractivity contribution in [1.29, 1.82) is 0 Å². The monoisotopic (exact) mass is 531 g/mol. The second-order valence-corrected chi connectivity index (χ2v) is 10.3. The van der Waals surface area contributed by atoms with Crippen LogP contribution in [0.2, 0.25) is 0 Å². The SMILES string of the molecule is CC(C)(F)c1cc(Nc2nc(Nc3ccc4c(c3)CNCC4(C)C)ncc2C(=O)NCC(F)(F)F)ccn1. The highest BCUT2D eigenvalue weighted by Crippen LogP contribution is 2.32. The summed E-state index contributed by atoms with van der Waals surface area (Å²) in [7, 11) is 0. The van der Waals surface area contributed by atoms with Gasteiger partial charge in [-0.05, 0) is 49.2 Å². The van der Waals surface area contributed by atoms with E-state index in [9.17, 15) is 22.4 Å². The predicted molar refractivity (Wildman–Crippen MR) is 137 cm³/mol. The molecule has 1 aliphatic rings. The third kappa shape index (κ3) is 6.55. The van der Waals surface area contributed by atoms with Crippen LogP contribution in [0.5, 0.6) is 0 Å². The lowest BCUT2D eigenvalue weighted by Gasteiger charge is -2.33. The van der Waals surface area contributed by atoms with Gasteiger partial charge in [0.15, 0.2) is 0 Å². The van der Waals surface area contributed by atoms with Gasteiger partial charge in [-0.15, -0.1) is 0 Å². The van der Waals surface area contributed by atoms with E-state index in [1.54, 1.807) is 0 Å². The van der Waals surface area contributed by atoms with Crippen LogP contribution in [-0.4, -0.2) is 40.1 Å². The van der Waals surface area contributed by atoms with E-state index < -0.39 is 24.3 Å². The summed E-state index contributed by atoms with van der Waals surface area (Å²) in [5.41, 5.74) is 1.54. The molecule has 3 aromatic rings. The van der Waals surface area contributed by atoms with Crippen LogP contribution in [-0.2, 0) is 17.6 Å². The maximum atomic E-state index is 14.4. The molecule has 0 fully saturated rings. The quantitative estimate of drug-likeness (QED) is 0.309. The van der Waals surface area contributed by atoms with Crippen molar-refractivity contribution in [3.63, 3.8) is 0 Å². The maximum Gasteiger partial charge on any atom is 0.405 e. The van der Waals surface area contributed by atoms with Crippen molar-refractivity contribution in [3.8, 4) is 0 Å². The van der Waals surface area contributed by atoms with E-state index in [1.165, 1.54) is 37.7 Å². The topological polar surface area (TPSA) is 104 Å². The fourth-order valence-corrected chi connectivity index (χ4v) is 4.16. The molecule has 3 heterocycles. The molecule has 2 aromatic heterocycles. The first-order valence-electron chi connectivity index (χ1n) is 12.0.